The third kappa shape index (κ3) is 8.66. The van der Waals surface area contributed by atoms with Crippen molar-refractivity contribution in [1.29, 1.82) is 0 Å². The molecule has 9 atom stereocenters. The lowest BCUT2D eigenvalue weighted by atomic mass is 9.81. The lowest BCUT2D eigenvalue weighted by Gasteiger charge is -2.38. The number of aliphatic hydroxyl groups excluding tert-OH is 3. The molecule has 74 heavy (non-hydrogen) atoms. The van der Waals surface area contributed by atoms with Crippen molar-refractivity contribution in [2.45, 2.75) is 115 Å². The van der Waals surface area contributed by atoms with Gasteiger partial charge in [0, 0.05) is 48.5 Å². The number of hydrogen-bond donors (Lipinski definition) is 8. The Morgan fingerprint density at radius 2 is 1.80 bits per heavy atom. The molecule has 9 N–H and O–H groups in total. The number of esters is 1. The predicted octanol–water partition coefficient (Wildman–Crippen LogP) is -0.169. The zero-order valence-corrected chi connectivity index (χ0v) is 40.2. The van der Waals surface area contributed by atoms with Crippen molar-refractivity contribution in [3.05, 3.63) is 85.4 Å². The fraction of sp³-hybridized carbons (Fsp3) is 0.449. The van der Waals surface area contributed by atoms with E-state index >= 15 is 4.39 Å². The van der Waals surface area contributed by atoms with E-state index in [2.05, 4.69) is 10.6 Å². The summed E-state index contributed by atoms with van der Waals surface area (Å²) >= 11 is 0. The molecular formula is C49H52FN7O17. The second-order valence-corrected chi connectivity index (χ2v) is 19.0. The summed E-state index contributed by atoms with van der Waals surface area (Å²) in [5.74, 6) is -6.99. The number of aliphatic carboxylic acids is 1. The third-order valence-electron chi connectivity index (χ3n) is 14.4. The van der Waals surface area contributed by atoms with Crippen molar-refractivity contribution in [2.24, 2.45) is 11.7 Å². The summed E-state index contributed by atoms with van der Waals surface area (Å²) in [6.45, 7) is 2.77. The number of carbonyl (C=O) groups is 7. The van der Waals surface area contributed by atoms with Gasteiger partial charge in [0.25, 0.3) is 5.56 Å². The first kappa shape index (κ1) is 51.5. The number of amides is 5. The van der Waals surface area contributed by atoms with Crippen LogP contribution in [0.1, 0.15) is 78.1 Å². The van der Waals surface area contributed by atoms with Gasteiger partial charge in [0.2, 0.25) is 29.9 Å². The number of carboxylic acids is 1. The zero-order chi connectivity index (χ0) is 53.4. The minimum Gasteiger partial charge on any atom is -0.479 e. The molecular weight excluding hydrogens is 978 g/mol. The van der Waals surface area contributed by atoms with Gasteiger partial charge in [-0.3, -0.25) is 28.9 Å². The largest absolute Gasteiger partial charge is 0.479 e. The molecule has 4 unspecified atom stereocenters. The average Bonchev–Trinajstić information content (AvgIpc) is 3.86. The highest BCUT2D eigenvalue weighted by molar-refractivity contribution is 6.07. The van der Waals surface area contributed by atoms with E-state index in [1.807, 2.05) is 0 Å². The number of halogens is 1. The summed E-state index contributed by atoms with van der Waals surface area (Å²) in [6, 6.07) is 4.50. The molecule has 2 saturated heterocycles. The molecule has 0 radical (unpaired) electrons. The topological polar surface area (TPSA) is 349 Å². The normalized spacial score (nSPS) is 25.1. The summed E-state index contributed by atoms with van der Waals surface area (Å²) < 4.78 is 38.9. The van der Waals surface area contributed by atoms with E-state index in [0.717, 1.165) is 9.80 Å². The Labute approximate surface area is 418 Å². The second-order valence-electron chi connectivity index (χ2n) is 19.0. The van der Waals surface area contributed by atoms with Crippen LogP contribution in [0.25, 0.3) is 22.3 Å². The molecule has 5 aliphatic rings. The molecule has 0 spiro atoms. The van der Waals surface area contributed by atoms with Crippen molar-refractivity contribution >= 4 is 58.3 Å². The van der Waals surface area contributed by atoms with Gasteiger partial charge in [-0.2, -0.15) is 0 Å². The number of carboxylic acid groups (broad SMARTS) is 1. The second kappa shape index (κ2) is 19.5. The molecule has 2 aromatic carbocycles. The molecule has 6 heterocycles. The Kier molecular flexibility index (Phi) is 13.5. The van der Waals surface area contributed by atoms with Gasteiger partial charge in [-0.15, -0.1) is 0 Å². The smallest absolute Gasteiger partial charge is 0.407 e. The number of aliphatic hydroxyl groups is 4. The first-order chi connectivity index (χ1) is 35.1. The summed E-state index contributed by atoms with van der Waals surface area (Å²) in [7, 11) is 1.23. The van der Waals surface area contributed by atoms with Crippen LogP contribution in [-0.2, 0) is 74.8 Å². The maximum atomic E-state index is 15.5. The van der Waals surface area contributed by atoms with Crippen LogP contribution < -0.4 is 26.7 Å². The molecule has 1 aliphatic carbocycles. The first-order valence-corrected chi connectivity index (χ1v) is 23.7. The third-order valence-corrected chi connectivity index (χ3v) is 14.4. The molecule has 5 amide bonds. The van der Waals surface area contributed by atoms with Crippen LogP contribution in [0.15, 0.2) is 35.1 Å². The molecule has 0 saturated carbocycles. The molecule has 24 nitrogen and oxygen atoms in total. The van der Waals surface area contributed by atoms with E-state index in [0.29, 0.717) is 34.1 Å². The van der Waals surface area contributed by atoms with Gasteiger partial charge in [-0.05, 0) is 66.6 Å². The first-order valence-electron chi connectivity index (χ1n) is 23.7. The number of ether oxygens (including phenoxy) is 4. The summed E-state index contributed by atoms with van der Waals surface area (Å²) in [6.07, 6.45) is -10.6. The number of anilines is 1. The Bertz CT molecular complexity index is 3150. The summed E-state index contributed by atoms with van der Waals surface area (Å²) in [4.78, 5) is 112. The monoisotopic (exact) mass is 1030 g/mol. The Morgan fingerprint density at radius 3 is 2.47 bits per heavy atom. The fourth-order valence-corrected chi connectivity index (χ4v) is 10.4. The molecule has 4 aliphatic heterocycles. The highest BCUT2D eigenvalue weighted by atomic mass is 19.1. The number of rotatable bonds is 13. The van der Waals surface area contributed by atoms with E-state index in [1.54, 1.807) is 13.8 Å². The number of fused-ring (bicyclic) bond motifs is 5. The lowest BCUT2D eigenvalue weighted by molar-refractivity contribution is -0.271. The van der Waals surface area contributed by atoms with Crippen LogP contribution in [0.4, 0.5) is 14.9 Å². The predicted molar refractivity (Wildman–Crippen MR) is 250 cm³/mol. The van der Waals surface area contributed by atoms with E-state index < -0.39 is 127 Å². The van der Waals surface area contributed by atoms with Gasteiger partial charge in [0.05, 0.1) is 47.3 Å². The number of nitrogens with one attached hydrogen (secondary N) is 2. The maximum Gasteiger partial charge on any atom is 0.407 e. The maximum absolute atomic E-state index is 15.5. The molecule has 0 bridgehead atoms. The Morgan fingerprint density at radius 1 is 1.05 bits per heavy atom. The van der Waals surface area contributed by atoms with Crippen molar-refractivity contribution in [1.82, 2.24) is 24.7 Å². The van der Waals surface area contributed by atoms with Crippen LogP contribution in [0.5, 0.6) is 5.75 Å². The van der Waals surface area contributed by atoms with Gasteiger partial charge in [0.15, 0.2) is 11.7 Å². The van der Waals surface area contributed by atoms with Gasteiger partial charge in [-0.1, -0.05) is 19.9 Å². The SMILES string of the molecule is CC[C@@]1(O)C(=O)OCc2c1cc1n(c2=O)Cc2c-1nc1cc(F)c(C)c3c1c2[C@@H](NC(=O)OCc1ccc(O[C@H]2OC(C(=O)O)[C@@H](O)C(O)C2O)c(NC(=O)CN(C)C(=O)[C@H](CN)N2C(=O)CC(C)C2=O)c1)CC3. The zero-order valence-electron chi connectivity index (χ0n) is 40.2. The van der Waals surface area contributed by atoms with Crippen molar-refractivity contribution in [3.8, 4) is 17.1 Å². The number of benzene rings is 2. The number of pyridine rings is 2. The van der Waals surface area contributed by atoms with Crippen LogP contribution in [0, 0.1) is 18.7 Å². The quantitative estimate of drug-likeness (QED) is 0.0561. The van der Waals surface area contributed by atoms with Gasteiger partial charge in [0.1, 0.15) is 49.1 Å². The average molecular weight is 1030 g/mol. The molecule has 392 valence electrons. The van der Waals surface area contributed by atoms with Crippen LogP contribution in [-0.4, -0.2) is 143 Å². The standard InChI is InChI=1S/C49H52FN7O17/c1-5-49(70)25-12-30-37-23(15-56(30)43(64)24(25)18-71-47(49)68)36-27(8-7-22-20(3)26(50)13-29(53-37)35(22)36)54-48(69)72-17-21-6-9-32(73-46-40(62)38(60)39(61)41(74-46)45(66)67)28(11-21)52-33(58)16-55(4)44(65)31(14-51)57-34(59)10-19(2)42(57)63/h6,9,11-13,19,27,31,38-41,46,60-62,70H,5,7-8,10,14-18,51H2,1-4H3,(H,52,58)(H,54,69)(H,66,67)/t19?,27-,31-,38?,39-,40?,41?,46-,49-/m0/s1. The number of aryl methyl sites for hydroxylation is 1. The molecule has 9 rings (SSSR count). The molecule has 4 aromatic rings. The minimum absolute atomic E-state index is 0.0202. The Hall–Kier alpha value is -7.42. The summed E-state index contributed by atoms with van der Waals surface area (Å²) in [5, 5.41) is 58.4. The fourth-order valence-electron chi connectivity index (χ4n) is 10.4. The van der Waals surface area contributed by atoms with Gasteiger partial charge in [-0.25, -0.2) is 23.8 Å². The van der Waals surface area contributed by atoms with E-state index in [4.69, 9.17) is 29.7 Å². The number of carbonyl (C=O) groups excluding carboxylic acids is 6. The van der Waals surface area contributed by atoms with Crippen LogP contribution in [0.2, 0.25) is 0 Å². The highest BCUT2D eigenvalue weighted by Gasteiger charge is 2.49. The van der Waals surface area contributed by atoms with E-state index in [-0.39, 0.29) is 77.4 Å². The lowest BCUT2D eigenvalue weighted by Crippen LogP contribution is -2.61. The number of hydrogen-bond acceptors (Lipinski definition) is 18. The minimum atomic E-state index is -2.10. The molecule has 2 fully saturated rings. The number of nitrogens with two attached hydrogens (primary N) is 1. The highest BCUT2D eigenvalue weighted by Crippen LogP contribution is 2.46. The molecule has 2 aromatic heterocycles. The number of likely N-dealkylation sites (N-methyl/N-ethyl adjacent to an activating group) is 1. The Balaban J connectivity index is 0.979. The number of likely N-dealkylation sites (tertiary alicyclic amines) is 1. The van der Waals surface area contributed by atoms with Crippen molar-refractivity contribution in [2.75, 3.05) is 25.5 Å². The van der Waals surface area contributed by atoms with Crippen LogP contribution in [0.3, 0.4) is 0 Å². The van der Waals surface area contributed by atoms with E-state index in [9.17, 15) is 63.9 Å². The van der Waals surface area contributed by atoms with Crippen molar-refractivity contribution in [3.63, 3.8) is 0 Å². The number of nitrogens with zero attached hydrogens (tertiary/aromatic N) is 4. The summed E-state index contributed by atoms with van der Waals surface area (Å²) in [5.41, 5.74) is 6.33. The number of alkyl carbamates (subject to hydrolysis) is 1. The molecule has 25 heteroatoms. The number of cyclic esters (lactones) is 1. The van der Waals surface area contributed by atoms with E-state index in [1.165, 1.54) is 48.9 Å². The number of aromatic nitrogens is 2. The van der Waals surface area contributed by atoms with Gasteiger partial charge < -0.3 is 70.3 Å². The van der Waals surface area contributed by atoms with Crippen molar-refractivity contribution < 1.29 is 82.4 Å². The number of imide groups is 1. The van der Waals surface area contributed by atoms with Gasteiger partial charge >= 0.3 is 18.0 Å². The van der Waals surface area contributed by atoms with Crippen LogP contribution >= 0.6 is 0 Å².